The number of carbonyl (C=O) groups is 1. The van der Waals surface area contributed by atoms with Gasteiger partial charge in [0.1, 0.15) is 18.1 Å². The van der Waals surface area contributed by atoms with E-state index in [-0.39, 0.29) is 0 Å². The number of hydrogen-bond acceptors (Lipinski definition) is 3. The Labute approximate surface area is 145 Å². The fourth-order valence-corrected chi connectivity index (χ4v) is 2.64. The number of fused-ring (bicyclic) bond motifs is 1. The van der Waals surface area contributed by atoms with Gasteiger partial charge in [-0.25, -0.2) is 4.79 Å². The largest absolute Gasteiger partial charge is 0.497 e. The molecule has 3 aromatic rings. The van der Waals surface area contributed by atoms with Gasteiger partial charge < -0.3 is 14.6 Å². The molecule has 0 unspecified atom stereocenters. The smallest absolute Gasteiger partial charge is 0.328 e. The quantitative estimate of drug-likeness (QED) is 0.673. The van der Waals surface area contributed by atoms with E-state index < -0.39 is 5.97 Å². The third kappa shape index (κ3) is 3.98. The highest BCUT2D eigenvalue weighted by Gasteiger charge is 2.07. The number of carboxylic acid groups (broad SMARTS) is 1. The summed E-state index contributed by atoms with van der Waals surface area (Å²) in [6.07, 6.45) is 2.60. The van der Waals surface area contributed by atoms with Gasteiger partial charge in [-0.3, -0.25) is 0 Å². The molecule has 0 atom stereocenters. The van der Waals surface area contributed by atoms with E-state index in [4.69, 9.17) is 14.6 Å². The van der Waals surface area contributed by atoms with E-state index in [1.807, 2.05) is 24.3 Å². The predicted molar refractivity (Wildman–Crippen MR) is 97.9 cm³/mol. The molecule has 0 aromatic heterocycles. The van der Waals surface area contributed by atoms with Crippen molar-refractivity contribution in [2.24, 2.45) is 0 Å². The molecule has 0 amide bonds. The molecule has 3 rings (SSSR count). The Hall–Kier alpha value is -3.27. The monoisotopic (exact) mass is 334 g/mol. The minimum Gasteiger partial charge on any atom is -0.497 e. The van der Waals surface area contributed by atoms with Crippen LogP contribution in [-0.2, 0) is 11.4 Å². The van der Waals surface area contributed by atoms with Crippen molar-refractivity contribution < 1.29 is 19.4 Å². The van der Waals surface area contributed by atoms with Gasteiger partial charge >= 0.3 is 5.97 Å². The minimum atomic E-state index is -1.00. The van der Waals surface area contributed by atoms with Crippen molar-refractivity contribution in [3.05, 3.63) is 77.9 Å². The number of benzene rings is 3. The minimum absolute atomic E-state index is 0.377. The molecule has 0 fully saturated rings. The van der Waals surface area contributed by atoms with Crippen LogP contribution >= 0.6 is 0 Å². The number of aliphatic carboxylic acids is 1. The van der Waals surface area contributed by atoms with E-state index in [0.29, 0.717) is 23.7 Å². The summed E-state index contributed by atoms with van der Waals surface area (Å²) in [5, 5.41) is 11.1. The molecule has 0 aliphatic carbocycles. The summed E-state index contributed by atoms with van der Waals surface area (Å²) in [6, 6.07) is 19.5. The molecule has 0 saturated carbocycles. The van der Waals surface area contributed by atoms with E-state index in [9.17, 15) is 4.79 Å². The third-order valence-electron chi connectivity index (χ3n) is 3.89. The number of ether oxygens (including phenoxy) is 2. The fraction of sp³-hybridized carbons (Fsp3) is 0.0952. The Morgan fingerprint density at radius 2 is 1.88 bits per heavy atom. The van der Waals surface area contributed by atoms with Crippen LogP contribution in [0.2, 0.25) is 0 Å². The Balaban J connectivity index is 1.89. The lowest BCUT2D eigenvalue weighted by molar-refractivity contribution is -0.131. The molecule has 0 heterocycles. The normalized spacial score (nSPS) is 10.9. The molecule has 4 heteroatoms. The second-order valence-corrected chi connectivity index (χ2v) is 5.50. The van der Waals surface area contributed by atoms with E-state index >= 15 is 0 Å². The van der Waals surface area contributed by atoms with Gasteiger partial charge in [-0.15, -0.1) is 0 Å². The Morgan fingerprint density at radius 3 is 2.68 bits per heavy atom. The van der Waals surface area contributed by atoms with Gasteiger partial charge in [-0.1, -0.05) is 42.5 Å². The van der Waals surface area contributed by atoms with Crippen molar-refractivity contribution in [2.45, 2.75) is 6.61 Å². The zero-order valence-corrected chi connectivity index (χ0v) is 13.8. The van der Waals surface area contributed by atoms with Crippen LogP contribution in [-0.4, -0.2) is 18.2 Å². The van der Waals surface area contributed by atoms with Gasteiger partial charge in [0.05, 0.1) is 7.11 Å². The summed E-state index contributed by atoms with van der Waals surface area (Å²) in [5.74, 6) is 0.223. The molecule has 0 aliphatic rings. The third-order valence-corrected chi connectivity index (χ3v) is 3.89. The Morgan fingerprint density at radius 1 is 1.08 bits per heavy atom. The van der Waals surface area contributed by atoms with Crippen molar-refractivity contribution in [3.63, 3.8) is 0 Å². The summed E-state index contributed by atoms with van der Waals surface area (Å²) in [6.45, 7) is 0.377. The van der Waals surface area contributed by atoms with Crippen LogP contribution < -0.4 is 9.47 Å². The van der Waals surface area contributed by atoms with Gasteiger partial charge in [0.15, 0.2) is 0 Å². The number of rotatable bonds is 6. The van der Waals surface area contributed by atoms with Crippen LogP contribution in [0.1, 0.15) is 11.1 Å². The first kappa shape index (κ1) is 16.6. The molecule has 0 aliphatic heterocycles. The second-order valence-electron chi connectivity index (χ2n) is 5.50. The molecule has 0 spiro atoms. The number of methoxy groups -OCH3 is 1. The standard InChI is InChI=1S/C21H18O4/c1-24-18-11-9-16(10-12-21(22)23)20(13-18)25-14-17-7-4-6-15-5-2-3-8-19(15)17/h2-13H,14H2,1H3,(H,22,23). The van der Waals surface area contributed by atoms with Crippen LogP contribution in [0.15, 0.2) is 66.7 Å². The van der Waals surface area contributed by atoms with Crippen molar-refractivity contribution in [3.8, 4) is 11.5 Å². The maximum atomic E-state index is 10.8. The summed E-state index contributed by atoms with van der Waals surface area (Å²) in [7, 11) is 1.58. The SMILES string of the molecule is COc1ccc(C=CC(=O)O)c(OCc2cccc3ccccc23)c1. The average Bonchev–Trinajstić information content (AvgIpc) is 2.64. The van der Waals surface area contributed by atoms with Gasteiger partial charge in [0.2, 0.25) is 0 Å². The van der Waals surface area contributed by atoms with Crippen LogP contribution in [0.25, 0.3) is 16.8 Å². The van der Waals surface area contributed by atoms with E-state index in [1.165, 1.54) is 6.08 Å². The topological polar surface area (TPSA) is 55.8 Å². The first-order valence-electron chi connectivity index (χ1n) is 7.86. The Bertz CT molecular complexity index is 923. The van der Waals surface area contributed by atoms with Crippen molar-refractivity contribution in [1.82, 2.24) is 0 Å². The van der Waals surface area contributed by atoms with Crippen molar-refractivity contribution >= 4 is 22.8 Å². The lowest BCUT2D eigenvalue weighted by atomic mass is 10.1. The lowest BCUT2D eigenvalue weighted by Crippen LogP contribution is -1.99. The van der Waals surface area contributed by atoms with Crippen LogP contribution in [0.4, 0.5) is 0 Å². The average molecular weight is 334 g/mol. The van der Waals surface area contributed by atoms with Crippen LogP contribution in [0.3, 0.4) is 0 Å². The molecular weight excluding hydrogens is 316 g/mol. The number of carboxylic acids is 1. The van der Waals surface area contributed by atoms with Crippen molar-refractivity contribution in [1.29, 1.82) is 0 Å². The zero-order chi connectivity index (χ0) is 17.6. The highest BCUT2D eigenvalue weighted by molar-refractivity contribution is 5.86. The lowest BCUT2D eigenvalue weighted by Gasteiger charge is -2.12. The van der Waals surface area contributed by atoms with Crippen LogP contribution in [0.5, 0.6) is 11.5 Å². The van der Waals surface area contributed by atoms with Crippen molar-refractivity contribution in [2.75, 3.05) is 7.11 Å². The van der Waals surface area contributed by atoms with Gasteiger partial charge in [0, 0.05) is 17.7 Å². The molecule has 4 nitrogen and oxygen atoms in total. The maximum Gasteiger partial charge on any atom is 0.328 e. The first-order chi connectivity index (χ1) is 12.2. The maximum absolute atomic E-state index is 10.8. The molecule has 0 bridgehead atoms. The van der Waals surface area contributed by atoms with Gasteiger partial charge in [-0.2, -0.15) is 0 Å². The van der Waals surface area contributed by atoms with Gasteiger partial charge in [0.25, 0.3) is 0 Å². The molecule has 0 radical (unpaired) electrons. The highest BCUT2D eigenvalue weighted by atomic mass is 16.5. The summed E-state index contributed by atoms with van der Waals surface area (Å²) < 4.78 is 11.2. The molecular formula is C21H18O4. The molecule has 25 heavy (non-hydrogen) atoms. The summed E-state index contributed by atoms with van der Waals surface area (Å²) in [4.78, 5) is 10.8. The highest BCUT2D eigenvalue weighted by Crippen LogP contribution is 2.28. The fourth-order valence-electron chi connectivity index (χ4n) is 2.64. The summed E-state index contributed by atoms with van der Waals surface area (Å²) in [5.41, 5.74) is 1.75. The van der Waals surface area contributed by atoms with Crippen LogP contribution in [0, 0.1) is 0 Å². The van der Waals surface area contributed by atoms with Gasteiger partial charge in [-0.05, 0) is 34.5 Å². The van der Waals surface area contributed by atoms with E-state index in [2.05, 4.69) is 18.2 Å². The predicted octanol–water partition coefficient (Wildman–Crippen LogP) is 4.53. The Kier molecular flexibility index (Phi) is 5.00. The second kappa shape index (κ2) is 7.53. The summed E-state index contributed by atoms with van der Waals surface area (Å²) >= 11 is 0. The molecule has 0 saturated heterocycles. The molecule has 126 valence electrons. The first-order valence-corrected chi connectivity index (χ1v) is 7.86. The zero-order valence-electron chi connectivity index (χ0n) is 13.8. The molecule has 1 N–H and O–H groups in total. The molecule has 3 aromatic carbocycles. The number of hydrogen-bond donors (Lipinski definition) is 1. The van der Waals surface area contributed by atoms with E-state index in [0.717, 1.165) is 22.4 Å². The van der Waals surface area contributed by atoms with E-state index in [1.54, 1.807) is 25.3 Å².